The van der Waals surface area contributed by atoms with Gasteiger partial charge in [-0.3, -0.25) is 4.79 Å². The fourth-order valence-electron chi connectivity index (χ4n) is 4.21. The summed E-state index contributed by atoms with van der Waals surface area (Å²) >= 11 is 0. The van der Waals surface area contributed by atoms with Crippen LogP contribution in [0.1, 0.15) is 35.0 Å². The molecular weight excluding hydrogens is 442 g/mol. The Bertz CT molecular complexity index is 1310. The summed E-state index contributed by atoms with van der Waals surface area (Å²) < 4.78 is 11.3. The summed E-state index contributed by atoms with van der Waals surface area (Å²) in [6.07, 6.45) is 4.03. The zero-order valence-corrected chi connectivity index (χ0v) is 19.2. The average Bonchev–Trinajstić information content (AvgIpc) is 3.66. The van der Waals surface area contributed by atoms with Crippen molar-refractivity contribution in [2.75, 3.05) is 31.1 Å². The maximum absolute atomic E-state index is 13.3. The van der Waals surface area contributed by atoms with E-state index in [1.54, 1.807) is 6.20 Å². The van der Waals surface area contributed by atoms with Gasteiger partial charge < -0.3 is 19.1 Å². The molecule has 0 unspecified atom stereocenters. The van der Waals surface area contributed by atoms with Crippen LogP contribution >= 0.6 is 0 Å². The minimum Gasteiger partial charge on any atom is -0.457 e. The molecule has 3 heterocycles. The second-order valence-corrected chi connectivity index (χ2v) is 8.83. The van der Waals surface area contributed by atoms with E-state index in [2.05, 4.69) is 20.0 Å². The molecule has 1 aliphatic carbocycles. The third-order valence-corrected chi connectivity index (χ3v) is 6.35. The van der Waals surface area contributed by atoms with E-state index < -0.39 is 0 Å². The second kappa shape index (κ2) is 9.21. The molecule has 1 aliphatic heterocycles. The van der Waals surface area contributed by atoms with Crippen molar-refractivity contribution in [3.8, 4) is 22.9 Å². The molecule has 6 rings (SSSR count). The van der Waals surface area contributed by atoms with Crippen molar-refractivity contribution in [1.82, 2.24) is 20.0 Å². The molecule has 8 heteroatoms. The SMILES string of the molecule is O=C(c1ccccc1Oc1ccccc1)N1CCN(c2ccc(-c3noc(C4CC4)n3)cn2)CC1. The van der Waals surface area contributed by atoms with E-state index >= 15 is 0 Å². The summed E-state index contributed by atoms with van der Waals surface area (Å²) in [5, 5.41) is 4.09. The average molecular weight is 468 g/mol. The van der Waals surface area contributed by atoms with Crippen LogP contribution in [0, 0.1) is 0 Å². The van der Waals surface area contributed by atoms with Gasteiger partial charge >= 0.3 is 0 Å². The zero-order valence-electron chi connectivity index (χ0n) is 19.2. The number of para-hydroxylation sites is 2. The first-order valence-electron chi connectivity index (χ1n) is 11.9. The van der Waals surface area contributed by atoms with Crippen LogP contribution in [-0.2, 0) is 0 Å². The van der Waals surface area contributed by atoms with Gasteiger partial charge in [0.25, 0.3) is 5.91 Å². The van der Waals surface area contributed by atoms with Crippen LogP contribution < -0.4 is 9.64 Å². The van der Waals surface area contributed by atoms with E-state index in [1.165, 1.54) is 0 Å². The van der Waals surface area contributed by atoms with Gasteiger partial charge in [-0.2, -0.15) is 4.98 Å². The number of anilines is 1. The van der Waals surface area contributed by atoms with Gasteiger partial charge in [0.2, 0.25) is 11.7 Å². The Kier molecular flexibility index (Phi) is 5.62. The molecule has 2 aromatic carbocycles. The molecule has 2 fully saturated rings. The Balaban J connectivity index is 1.09. The van der Waals surface area contributed by atoms with Crippen molar-refractivity contribution in [3.63, 3.8) is 0 Å². The van der Waals surface area contributed by atoms with E-state index in [0.29, 0.717) is 55.0 Å². The molecule has 176 valence electrons. The molecule has 0 radical (unpaired) electrons. The number of ether oxygens (including phenoxy) is 1. The van der Waals surface area contributed by atoms with Crippen molar-refractivity contribution in [2.24, 2.45) is 0 Å². The van der Waals surface area contributed by atoms with Crippen LogP contribution in [-0.4, -0.2) is 52.1 Å². The summed E-state index contributed by atoms with van der Waals surface area (Å²) in [6, 6.07) is 20.9. The molecule has 4 aromatic rings. The standard InChI is InChI=1S/C27H25N5O3/c33-27(22-8-4-5-9-23(22)34-21-6-2-1-3-7-21)32-16-14-31(15-17-32)24-13-12-20(18-28-24)25-29-26(35-30-25)19-10-11-19/h1-9,12-13,18-19H,10-11,14-17H2. The van der Waals surface area contributed by atoms with Crippen LogP contribution in [0.2, 0.25) is 0 Å². The minimum atomic E-state index is -0.0249. The molecule has 0 spiro atoms. The van der Waals surface area contributed by atoms with Crippen LogP contribution in [0.5, 0.6) is 11.5 Å². The van der Waals surface area contributed by atoms with Gasteiger partial charge in [0.15, 0.2) is 0 Å². The molecule has 1 saturated heterocycles. The number of pyridine rings is 1. The monoisotopic (exact) mass is 467 g/mol. The number of carbonyl (C=O) groups is 1. The lowest BCUT2D eigenvalue weighted by Crippen LogP contribution is -2.49. The molecule has 0 bridgehead atoms. The highest BCUT2D eigenvalue weighted by Gasteiger charge is 2.30. The summed E-state index contributed by atoms with van der Waals surface area (Å²) in [7, 11) is 0. The zero-order chi connectivity index (χ0) is 23.6. The Labute approximate surface area is 203 Å². The van der Waals surface area contributed by atoms with Gasteiger partial charge in [-0.25, -0.2) is 4.98 Å². The minimum absolute atomic E-state index is 0.0249. The van der Waals surface area contributed by atoms with Gasteiger partial charge in [0.1, 0.15) is 17.3 Å². The number of amides is 1. The topological polar surface area (TPSA) is 84.6 Å². The van der Waals surface area contributed by atoms with Crippen LogP contribution in [0.4, 0.5) is 5.82 Å². The third-order valence-electron chi connectivity index (χ3n) is 6.35. The van der Waals surface area contributed by atoms with Crippen LogP contribution in [0.25, 0.3) is 11.4 Å². The summed E-state index contributed by atoms with van der Waals surface area (Å²) in [5.74, 6) is 3.85. The molecule has 0 N–H and O–H groups in total. The normalized spacial score (nSPS) is 15.8. The number of rotatable bonds is 6. The lowest BCUT2D eigenvalue weighted by atomic mass is 10.1. The summed E-state index contributed by atoms with van der Waals surface area (Å²) in [5.41, 5.74) is 1.41. The number of aromatic nitrogens is 3. The smallest absolute Gasteiger partial charge is 0.257 e. The van der Waals surface area contributed by atoms with Crippen molar-refractivity contribution >= 4 is 11.7 Å². The van der Waals surface area contributed by atoms with E-state index in [4.69, 9.17) is 9.26 Å². The highest BCUT2D eigenvalue weighted by molar-refractivity contribution is 5.97. The maximum atomic E-state index is 13.3. The number of benzene rings is 2. The Morgan fingerprint density at radius 3 is 2.43 bits per heavy atom. The molecule has 8 nitrogen and oxygen atoms in total. The molecule has 2 aliphatic rings. The number of nitrogens with zero attached hydrogens (tertiary/aromatic N) is 5. The van der Waals surface area contributed by atoms with Crippen molar-refractivity contribution < 1.29 is 14.1 Å². The van der Waals surface area contributed by atoms with Crippen LogP contribution in [0.15, 0.2) is 77.4 Å². The lowest BCUT2D eigenvalue weighted by Gasteiger charge is -2.35. The lowest BCUT2D eigenvalue weighted by molar-refractivity contribution is 0.0744. The van der Waals surface area contributed by atoms with E-state index in [0.717, 1.165) is 30.1 Å². The Morgan fingerprint density at radius 2 is 1.69 bits per heavy atom. The molecule has 2 aromatic heterocycles. The van der Waals surface area contributed by atoms with Gasteiger partial charge in [0.05, 0.1) is 5.56 Å². The van der Waals surface area contributed by atoms with Gasteiger partial charge in [-0.05, 0) is 49.2 Å². The quantitative estimate of drug-likeness (QED) is 0.404. The van der Waals surface area contributed by atoms with E-state index in [-0.39, 0.29) is 5.91 Å². The van der Waals surface area contributed by atoms with Gasteiger partial charge in [-0.1, -0.05) is 35.5 Å². The Morgan fingerprint density at radius 1 is 0.914 bits per heavy atom. The molecule has 35 heavy (non-hydrogen) atoms. The second-order valence-electron chi connectivity index (χ2n) is 8.83. The predicted molar refractivity (Wildman–Crippen MR) is 131 cm³/mol. The first-order chi connectivity index (χ1) is 17.2. The largest absolute Gasteiger partial charge is 0.457 e. The highest BCUT2D eigenvalue weighted by Crippen LogP contribution is 2.39. The number of carbonyl (C=O) groups excluding carboxylic acids is 1. The van der Waals surface area contributed by atoms with Crippen molar-refractivity contribution in [1.29, 1.82) is 0 Å². The third kappa shape index (κ3) is 4.59. The Hall–Kier alpha value is -4.20. The van der Waals surface area contributed by atoms with E-state index in [1.807, 2.05) is 71.6 Å². The van der Waals surface area contributed by atoms with Gasteiger partial charge in [-0.15, -0.1) is 0 Å². The van der Waals surface area contributed by atoms with E-state index in [9.17, 15) is 4.79 Å². The summed E-state index contributed by atoms with van der Waals surface area (Å²) in [6.45, 7) is 2.62. The maximum Gasteiger partial charge on any atom is 0.257 e. The first-order valence-corrected chi connectivity index (χ1v) is 11.9. The molecule has 1 saturated carbocycles. The van der Waals surface area contributed by atoms with Gasteiger partial charge in [0, 0.05) is 43.9 Å². The molecule has 0 atom stereocenters. The highest BCUT2D eigenvalue weighted by atomic mass is 16.5. The van der Waals surface area contributed by atoms with Crippen LogP contribution in [0.3, 0.4) is 0 Å². The number of hydrogen-bond acceptors (Lipinski definition) is 7. The van der Waals surface area contributed by atoms with Crippen molar-refractivity contribution in [3.05, 3.63) is 84.4 Å². The fraction of sp³-hybridized carbons (Fsp3) is 0.259. The number of piperazine rings is 1. The fourth-order valence-corrected chi connectivity index (χ4v) is 4.21. The number of hydrogen-bond donors (Lipinski definition) is 0. The predicted octanol–water partition coefficient (Wildman–Crippen LogP) is 4.76. The van der Waals surface area contributed by atoms with Crippen molar-refractivity contribution in [2.45, 2.75) is 18.8 Å². The first kappa shape index (κ1) is 21.3. The summed E-state index contributed by atoms with van der Waals surface area (Å²) in [4.78, 5) is 26.5. The molecular formula is C27H25N5O3. The molecule has 1 amide bonds.